The lowest BCUT2D eigenvalue weighted by Crippen LogP contribution is -2.31. The summed E-state index contributed by atoms with van der Waals surface area (Å²) in [5.41, 5.74) is 5.26. The minimum atomic E-state index is -0.506. The van der Waals surface area contributed by atoms with Gasteiger partial charge in [0, 0.05) is 0 Å². The van der Waals surface area contributed by atoms with Gasteiger partial charge in [-0.3, -0.25) is 4.79 Å². The maximum atomic E-state index is 10.8. The number of rotatable bonds is 3. The van der Waals surface area contributed by atoms with Crippen LogP contribution in [-0.4, -0.2) is 18.1 Å². The van der Waals surface area contributed by atoms with E-state index < -0.39 is 6.04 Å². The molecule has 0 spiro atoms. The van der Waals surface area contributed by atoms with Crippen molar-refractivity contribution in [1.82, 2.24) is 0 Å². The molecule has 0 aromatic rings. The minimum absolute atomic E-state index is 0.0153. The molecule has 3 nitrogen and oxygen atoms in total. The molecule has 2 N–H and O–H groups in total. The van der Waals surface area contributed by atoms with Gasteiger partial charge in [0.25, 0.3) is 0 Å². The molecule has 0 amide bonds. The highest BCUT2D eigenvalue weighted by atomic mass is 16.5. The maximum Gasteiger partial charge on any atom is 0.322 e. The molecule has 0 aliphatic heterocycles. The summed E-state index contributed by atoms with van der Waals surface area (Å²) in [6, 6.07) is -0.506. The van der Waals surface area contributed by atoms with Crippen molar-refractivity contribution < 1.29 is 9.53 Å². The normalized spacial score (nSPS) is 16.0. The summed E-state index contributed by atoms with van der Waals surface area (Å²) < 4.78 is 4.90. The summed E-state index contributed by atoms with van der Waals surface area (Å²) in [4.78, 5) is 10.8. The van der Waals surface area contributed by atoms with E-state index in [1.165, 1.54) is 0 Å². The van der Waals surface area contributed by atoms with E-state index in [1.54, 1.807) is 6.92 Å². The van der Waals surface area contributed by atoms with Gasteiger partial charge in [-0.25, -0.2) is 0 Å². The Morgan fingerprint density at radius 1 is 1.60 bits per heavy atom. The number of nitrogens with two attached hydrogens (primary N) is 1. The third-order valence-electron chi connectivity index (χ3n) is 1.26. The molecule has 0 aromatic heterocycles. The molecule has 2 unspecified atom stereocenters. The van der Waals surface area contributed by atoms with E-state index in [-0.39, 0.29) is 12.1 Å². The number of carbonyl (C=O) groups is 1. The van der Waals surface area contributed by atoms with E-state index in [4.69, 9.17) is 10.5 Å². The Morgan fingerprint density at radius 3 is 2.40 bits per heavy atom. The molecule has 0 saturated heterocycles. The van der Waals surface area contributed by atoms with Crippen LogP contribution in [-0.2, 0) is 9.53 Å². The summed E-state index contributed by atoms with van der Waals surface area (Å²) in [5.74, 6) is -0.325. The van der Waals surface area contributed by atoms with Crippen molar-refractivity contribution in [2.24, 2.45) is 5.73 Å². The Balaban J connectivity index is 3.57. The lowest BCUT2D eigenvalue weighted by molar-refractivity contribution is -0.149. The standard InChI is InChI=1S/C7H15NO2/c1-4-5(2)10-7(9)6(3)8/h5-6H,4,8H2,1-3H3. The van der Waals surface area contributed by atoms with Crippen molar-refractivity contribution in [3.05, 3.63) is 0 Å². The Labute approximate surface area is 61.5 Å². The molecule has 0 aromatic carbocycles. The van der Waals surface area contributed by atoms with Crippen LogP contribution in [0.15, 0.2) is 0 Å². The Bertz CT molecular complexity index is 112. The van der Waals surface area contributed by atoms with Crippen LogP contribution in [0.4, 0.5) is 0 Å². The molecule has 0 aliphatic carbocycles. The van der Waals surface area contributed by atoms with Gasteiger partial charge in [0.1, 0.15) is 6.04 Å². The quantitative estimate of drug-likeness (QED) is 0.594. The number of hydrogen-bond donors (Lipinski definition) is 1. The molecule has 0 radical (unpaired) electrons. The van der Waals surface area contributed by atoms with Gasteiger partial charge in [0.15, 0.2) is 0 Å². The topological polar surface area (TPSA) is 52.3 Å². The van der Waals surface area contributed by atoms with Gasteiger partial charge < -0.3 is 10.5 Å². The first kappa shape index (κ1) is 9.43. The van der Waals surface area contributed by atoms with Gasteiger partial charge in [0.05, 0.1) is 6.10 Å². The summed E-state index contributed by atoms with van der Waals surface area (Å²) in [6.07, 6.45) is 0.817. The van der Waals surface area contributed by atoms with Gasteiger partial charge in [0.2, 0.25) is 0 Å². The predicted molar refractivity (Wildman–Crippen MR) is 39.5 cm³/mol. The van der Waals surface area contributed by atoms with Crippen LogP contribution < -0.4 is 5.73 Å². The van der Waals surface area contributed by atoms with E-state index in [1.807, 2.05) is 13.8 Å². The number of hydrogen-bond acceptors (Lipinski definition) is 3. The molecule has 0 rings (SSSR count). The largest absolute Gasteiger partial charge is 0.462 e. The van der Waals surface area contributed by atoms with E-state index in [9.17, 15) is 4.79 Å². The SMILES string of the molecule is CCC(C)OC(=O)C(C)N. The molecule has 0 fully saturated rings. The first-order valence-electron chi connectivity index (χ1n) is 3.54. The summed E-state index contributed by atoms with van der Waals surface area (Å²) in [6.45, 7) is 5.42. The van der Waals surface area contributed by atoms with E-state index in [0.717, 1.165) is 6.42 Å². The average molecular weight is 145 g/mol. The van der Waals surface area contributed by atoms with Crippen molar-refractivity contribution in [3.63, 3.8) is 0 Å². The monoisotopic (exact) mass is 145 g/mol. The Morgan fingerprint density at radius 2 is 2.10 bits per heavy atom. The predicted octanol–water partition coefficient (Wildman–Crippen LogP) is 0.675. The minimum Gasteiger partial charge on any atom is -0.462 e. The number of ether oxygens (including phenoxy) is 1. The Kier molecular flexibility index (Phi) is 4.03. The summed E-state index contributed by atoms with van der Waals surface area (Å²) >= 11 is 0. The van der Waals surface area contributed by atoms with Crippen molar-refractivity contribution >= 4 is 5.97 Å². The third-order valence-corrected chi connectivity index (χ3v) is 1.26. The van der Waals surface area contributed by atoms with Crippen LogP contribution in [0, 0.1) is 0 Å². The van der Waals surface area contributed by atoms with Gasteiger partial charge in [-0.1, -0.05) is 6.92 Å². The van der Waals surface area contributed by atoms with E-state index >= 15 is 0 Å². The molecule has 2 atom stereocenters. The fourth-order valence-corrected chi connectivity index (χ4v) is 0.389. The van der Waals surface area contributed by atoms with Crippen LogP contribution >= 0.6 is 0 Å². The fraction of sp³-hybridized carbons (Fsp3) is 0.857. The van der Waals surface area contributed by atoms with Crippen LogP contribution in [0.3, 0.4) is 0 Å². The molecule has 3 heteroatoms. The molecule has 0 saturated carbocycles. The second-order valence-electron chi connectivity index (χ2n) is 2.44. The lowest BCUT2D eigenvalue weighted by atomic mass is 10.3. The smallest absolute Gasteiger partial charge is 0.322 e. The van der Waals surface area contributed by atoms with Gasteiger partial charge in [-0.15, -0.1) is 0 Å². The molecular formula is C7H15NO2. The third kappa shape index (κ3) is 3.45. The van der Waals surface area contributed by atoms with Crippen LogP contribution in [0.1, 0.15) is 27.2 Å². The average Bonchev–Trinajstić information content (AvgIpc) is 1.87. The molecule has 0 aliphatic rings. The fourth-order valence-electron chi connectivity index (χ4n) is 0.389. The van der Waals surface area contributed by atoms with Crippen LogP contribution in [0.2, 0.25) is 0 Å². The molecule has 60 valence electrons. The van der Waals surface area contributed by atoms with Crippen molar-refractivity contribution in [2.45, 2.75) is 39.3 Å². The van der Waals surface area contributed by atoms with E-state index in [0.29, 0.717) is 0 Å². The van der Waals surface area contributed by atoms with Crippen molar-refractivity contribution in [1.29, 1.82) is 0 Å². The highest BCUT2D eigenvalue weighted by Gasteiger charge is 2.11. The summed E-state index contributed by atoms with van der Waals surface area (Å²) in [5, 5.41) is 0. The first-order valence-corrected chi connectivity index (χ1v) is 3.54. The lowest BCUT2D eigenvalue weighted by Gasteiger charge is -2.11. The summed E-state index contributed by atoms with van der Waals surface area (Å²) in [7, 11) is 0. The first-order chi connectivity index (χ1) is 4.57. The van der Waals surface area contributed by atoms with Gasteiger partial charge in [-0.05, 0) is 20.3 Å². The highest BCUT2D eigenvalue weighted by Crippen LogP contribution is 1.97. The molecule has 0 heterocycles. The van der Waals surface area contributed by atoms with Gasteiger partial charge >= 0.3 is 5.97 Å². The van der Waals surface area contributed by atoms with Crippen LogP contribution in [0.5, 0.6) is 0 Å². The van der Waals surface area contributed by atoms with Crippen LogP contribution in [0.25, 0.3) is 0 Å². The Hall–Kier alpha value is -0.570. The zero-order valence-corrected chi connectivity index (χ0v) is 6.76. The second kappa shape index (κ2) is 4.28. The van der Waals surface area contributed by atoms with E-state index in [2.05, 4.69) is 0 Å². The van der Waals surface area contributed by atoms with Crippen molar-refractivity contribution in [3.8, 4) is 0 Å². The molecular weight excluding hydrogens is 130 g/mol. The maximum absolute atomic E-state index is 10.8. The molecule has 0 bridgehead atoms. The zero-order chi connectivity index (χ0) is 8.15. The van der Waals surface area contributed by atoms with Crippen molar-refractivity contribution in [2.75, 3.05) is 0 Å². The highest BCUT2D eigenvalue weighted by molar-refractivity contribution is 5.75. The molecule has 10 heavy (non-hydrogen) atoms. The second-order valence-corrected chi connectivity index (χ2v) is 2.44. The number of carbonyl (C=O) groups excluding carboxylic acids is 1. The zero-order valence-electron chi connectivity index (χ0n) is 6.76. The number of esters is 1. The van der Waals surface area contributed by atoms with Gasteiger partial charge in [-0.2, -0.15) is 0 Å².